The first kappa shape index (κ1) is 14.1. The van der Waals surface area contributed by atoms with Crippen molar-refractivity contribution in [2.75, 3.05) is 13.7 Å². The van der Waals surface area contributed by atoms with Gasteiger partial charge in [0.1, 0.15) is 0 Å². The van der Waals surface area contributed by atoms with E-state index in [1.807, 2.05) is 6.92 Å². The maximum absolute atomic E-state index is 11.0. The van der Waals surface area contributed by atoms with Crippen LogP contribution in [0.3, 0.4) is 0 Å². The summed E-state index contributed by atoms with van der Waals surface area (Å²) in [5, 5.41) is 12.3. The van der Waals surface area contributed by atoms with Crippen molar-refractivity contribution in [3.63, 3.8) is 0 Å². The number of carbonyl (C=O) groups is 1. The Labute approximate surface area is 91.3 Å². The Bertz CT molecular complexity index is 224. The van der Waals surface area contributed by atoms with Gasteiger partial charge in [-0.25, -0.2) is 4.79 Å². The molecule has 0 aliphatic carbocycles. The first-order chi connectivity index (χ1) is 6.97. The van der Waals surface area contributed by atoms with E-state index in [2.05, 4.69) is 10.1 Å². The number of methoxy groups -OCH3 is 1. The van der Waals surface area contributed by atoms with Gasteiger partial charge in [0, 0.05) is 18.2 Å². The minimum absolute atomic E-state index is 0.228. The summed E-state index contributed by atoms with van der Waals surface area (Å²) in [4.78, 5) is 11.0. The van der Waals surface area contributed by atoms with Crippen LogP contribution < -0.4 is 5.32 Å². The molecule has 2 atom stereocenters. The number of nitrogens with one attached hydrogen (secondary N) is 1. The number of aliphatic hydroxyl groups excluding tert-OH is 1. The van der Waals surface area contributed by atoms with E-state index in [4.69, 9.17) is 5.11 Å². The minimum atomic E-state index is -0.307. The molecule has 0 heterocycles. The van der Waals surface area contributed by atoms with E-state index in [0.29, 0.717) is 18.5 Å². The molecule has 4 nitrogen and oxygen atoms in total. The monoisotopic (exact) mass is 215 g/mol. The molecule has 15 heavy (non-hydrogen) atoms. The van der Waals surface area contributed by atoms with E-state index < -0.39 is 0 Å². The van der Waals surface area contributed by atoms with E-state index >= 15 is 0 Å². The highest BCUT2D eigenvalue weighted by atomic mass is 16.5. The summed E-state index contributed by atoms with van der Waals surface area (Å²) in [5.74, 6) is -0.306. The fourth-order valence-electron chi connectivity index (χ4n) is 1.25. The van der Waals surface area contributed by atoms with E-state index in [0.717, 1.165) is 0 Å². The van der Waals surface area contributed by atoms with Gasteiger partial charge in [-0.3, -0.25) is 0 Å². The van der Waals surface area contributed by atoms with Crippen molar-refractivity contribution in [1.82, 2.24) is 5.32 Å². The van der Waals surface area contributed by atoms with Gasteiger partial charge in [0.2, 0.25) is 0 Å². The van der Waals surface area contributed by atoms with Crippen LogP contribution in [0.2, 0.25) is 0 Å². The van der Waals surface area contributed by atoms with Crippen molar-refractivity contribution in [1.29, 1.82) is 0 Å². The van der Waals surface area contributed by atoms with Gasteiger partial charge in [-0.2, -0.15) is 0 Å². The summed E-state index contributed by atoms with van der Waals surface area (Å²) in [6, 6.07) is 0.228. The zero-order valence-corrected chi connectivity index (χ0v) is 9.91. The van der Waals surface area contributed by atoms with Crippen LogP contribution in [0.5, 0.6) is 0 Å². The molecule has 0 saturated heterocycles. The number of hydrogen-bond acceptors (Lipinski definition) is 4. The third kappa shape index (κ3) is 7.11. The molecule has 0 aliphatic rings. The van der Waals surface area contributed by atoms with Crippen LogP contribution >= 0.6 is 0 Å². The summed E-state index contributed by atoms with van der Waals surface area (Å²) in [6.45, 7) is 6.07. The lowest BCUT2D eigenvalue weighted by Gasteiger charge is -2.13. The Hall–Kier alpha value is -0.870. The second-order valence-electron chi connectivity index (χ2n) is 3.77. The molecule has 88 valence electrons. The van der Waals surface area contributed by atoms with Crippen molar-refractivity contribution in [3.8, 4) is 0 Å². The first-order valence-electron chi connectivity index (χ1n) is 5.14. The minimum Gasteiger partial charge on any atom is -0.466 e. The SMILES string of the molecule is COC(=O)C(C)=CCNC(C)CC(C)O. The number of esters is 1. The van der Waals surface area contributed by atoms with Gasteiger partial charge >= 0.3 is 5.97 Å². The number of rotatable bonds is 6. The highest BCUT2D eigenvalue weighted by Gasteiger charge is 2.05. The van der Waals surface area contributed by atoms with Crippen molar-refractivity contribution in [3.05, 3.63) is 11.6 Å². The van der Waals surface area contributed by atoms with Crippen molar-refractivity contribution < 1.29 is 14.6 Å². The molecule has 0 amide bonds. The summed E-state index contributed by atoms with van der Waals surface area (Å²) in [6.07, 6.45) is 2.17. The number of hydrogen-bond donors (Lipinski definition) is 2. The maximum Gasteiger partial charge on any atom is 0.333 e. The van der Waals surface area contributed by atoms with Crippen LogP contribution in [0.25, 0.3) is 0 Å². The Morgan fingerprint density at radius 2 is 2.13 bits per heavy atom. The number of carbonyl (C=O) groups excluding carboxylic acids is 1. The van der Waals surface area contributed by atoms with Gasteiger partial charge < -0.3 is 15.2 Å². The molecule has 2 unspecified atom stereocenters. The molecule has 4 heteroatoms. The molecular weight excluding hydrogens is 194 g/mol. The predicted molar refractivity (Wildman–Crippen MR) is 59.5 cm³/mol. The van der Waals surface area contributed by atoms with Gasteiger partial charge in [-0.15, -0.1) is 0 Å². The van der Waals surface area contributed by atoms with Crippen LogP contribution in [0.15, 0.2) is 11.6 Å². The Kier molecular flexibility index (Phi) is 6.99. The van der Waals surface area contributed by atoms with Gasteiger partial charge in [-0.05, 0) is 27.2 Å². The van der Waals surface area contributed by atoms with Gasteiger partial charge in [0.05, 0.1) is 13.2 Å². The quantitative estimate of drug-likeness (QED) is 0.509. The Balaban J connectivity index is 3.81. The maximum atomic E-state index is 11.0. The zero-order valence-electron chi connectivity index (χ0n) is 9.91. The van der Waals surface area contributed by atoms with Crippen molar-refractivity contribution in [2.45, 2.75) is 39.3 Å². The standard InChI is InChI=1S/C11H21NO3/c1-8(11(14)15-4)5-6-12-9(2)7-10(3)13/h5,9-10,12-13H,6-7H2,1-4H3. The molecule has 0 radical (unpaired) electrons. The second-order valence-corrected chi connectivity index (χ2v) is 3.77. The average Bonchev–Trinajstić information content (AvgIpc) is 2.15. The summed E-state index contributed by atoms with van der Waals surface area (Å²) in [5.41, 5.74) is 0.592. The van der Waals surface area contributed by atoms with E-state index in [9.17, 15) is 4.79 Å². The van der Waals surface area contributed by atoms with Crippen LogP contribution in [0, 0.1) is 0 Å². The van der Waals surface area contributed by atoms with Gasteiger partial charge in [-0.1, -0.05) is 6.08 Å². The van der Waals surface area contributed by atoms with E-state index in [1.165, 1.54) is 7.11 Å². The molecule has 0 aromatic rings. The van der Waals surface area contributed by atoms with Crippen LogP contribution in [-0.2, 0) is 9.53 Å². The number of aliphatic hydroxyl groups is 1. The normalized spacial score (nSPS) is 15.9. The predicted octanol–water partition coefficient (Wildman–Crippen LogP) is 0.855. The molecule has 0 rings (SSSR count). The molecule has 0 spiro atoms. The summed E-state index contributed by atoms with van der Waals surface area (Å²) < 4.78 is 4.56. The second kappa shape index (κ2) is 7.43. The topological polar surface area (TPSA) is 58.6 Å². The molecule has 0 aliphatic heterocycles. The Morgan fingerprint density at radius 3 is 2.60 bits per heavy atom. The van der Waals surface area contributed by atoms with Crippen molar-refractivity contribution in [2.24, 2.45) is 0 Å². The lowest BCUT2D eigenvalue weighted by Crippen LogP contribution is -2.29. The van der Waals surface area contributed by atoms with E-state index in [1.54, 1.807) is 19.9 Å². The highest BCUT2D eigenvalue weighted by Crippen LogP contribution is 1.97. The van der Waals surface area contributed by atoms with Gasteiger partial charge in [0.15, 0.2) is 0 Å². The fraction of sp³-hybridized carbons (Fsp3) is 0.727. The Morgan fingerprint density at radius 1 is 1.53 bits per heavy atom. The van der Waals surface area contributed by atoms with Crippen LogP contribution in [0.4, 0.5) is 0 Å². The molecule has 0 fully saturated rings. The van der Waals surface area contributed by atoms with Crippen LogP contribution in [0.1, 0.15) is 27.2 Å². The lowest BCUT2D eigenvalue weighted by molar-refractivity contribution is -0.136. The third-order valence-corrected chi connectivity index (χ3v) is 2.08. The number of ether oxygens (including phenoxy) is 1. The first-order valence-corrected chi connectivity index (χ1v) is 5.14. The molecule has 0 saturated carbocycles. The fourth-order valence-corrected chi connectivity index (χ4v) is 1.25. The molecule has 0 aromatic heterocycles. The van der Waals surface area contributed by atoms with Crippen LogP contribution in [-0.4, -0.2) is 36.9 Å². The molecule has 0 bridgehead atoms. The van der Waals surface area contributed by atoms with E-state index in [-0.39, 0.29) is 18.1 Å². The van der Waals surface area contributed by atoms with Gasteiger partial charge in [0.25, 0.3) is 0 Å². The summed E-state index contributed by atoms with van der Waals surface area (Å²) >= 11 is 0. The average molecular weight is 215 g/mol. The largest absolute Gasteiger partial charge is 0.466 e. The molecular formula is C11H21NO3. The smallest absolute Gasteiger partial charge is 0.333 e. The lowest BCUT2D eigenvalue weighted by atomic mass is 10.1. The third-order valence-electron chi connectivity index (χ3n) is 2.08. The summed E-state index contributed by atoms with van der Waals surface area (Å²) in [7, 11) is 1.36. The molecule has 2 N–H and O–H groups in total. The van der Waals surface area contributed by atoms with Crippen molar-refractivity contribution >= 4 is 5.97 Å². The highest BCUT2D eigenvalue weighted by molar-refractivity contribution is 5.87. The molecule has 0 aromatic carbocycles. The zero-order chi connectivity index (χ0) is 11.8.